The van der Waals surface area contributed by atoms with Gasteiger partial charge in [0, 0.05) is 19.2 Å². The number of thiol groups is 1. The number of hydrogen-bond acceptors (Lipinski definition) is 7. The Hall–Kier alpha value is -2.39. The molecule has 0 fully saturated rings. The molecule has 9 heteroatoms. The van der Waals surface area contributed by atoms with E-state index in [4.69, 9.17) is 11.5 Å². The van der Waals surface area contributed by atoms with E-state index < -0.39 is 10.8 Å². The topological polar surface area (TPSA) is 137 Å². The summed E-state index contributed by atoms with van der Waals surface area (Å²) in [6.45, 7) is 6.36. The van der Waals surface area contributed by atoms with Gasteiger partial charge in [-0.1, -0.05) is 26.0 Å². The molecule has 1 aliphatic rings. The molecule has 5 N–H and O–H groups in total. The molecule has 1 heterocycles. The van der Waals surface area contributed by atoms with Crippen LogP contribution < -0.4 is 16.8 Å². The maximum absolute atomic E-state index is 10.6. The second kappa shape index (κ2) is 13.0. The zero-order valence-corrected chi connectivity index (χ0v) is 15.3. The van der Waals surface area contributed by atoms with E-state index in [1.807, 2.05) is 13.8 Å². The molecule has 0 unspecified atom stereocenters. The third kappa shape index (κ3) is 9.48. The fraction of sp³-hybridized carbons (Fsp3) is 0.375. The molecule has 0 bridgehead atoms. The van der Waals surface area contributed by atoms with Crippen molar-refractivity contribution in [1.82, 2.24) is 5.32 Å². The number of hydrogen-bond donors (Lipinski definition) is 4. The van der Waals surface area contributed by atoms with Gasteiger partial charge in [0.05, 0.1) is 21.2 Å². The molecule has 2 rings (SSSR count). The molecule has 25 heavy (non-hydrogen) atoms. The first-order valence-corrected chi connectivity index (χ1v) is 8.30. The van der Waals surface area contributed by atoms with E-state index in [2.05, 4.69) is 22.9 Å². The van der Waals surface area contributed by atoms with Crippen molar-refractivity contribution >= 4 is 29.9 Å². The van der Waals surface area contributed by atoms with Crippen molar-refractivity contribution in [2.75, 3.05) is 19.6 Å². The van der Waals surface area contributed by atoms with Crippen molar-refractivity contribution < 1.29 is 9.72 Å². The van der Waals surface area contributed by atoms with E-state index in [1.54, 1.807) is 18.2 Å². The predicted octanol–water partition coefficient (Wildman–Crippen LogP) is 1.66. The highest BCUT2D eigenvalue weighted by molar-refractivity contribution is 7.80. The molecule has 0 spiro atoms. The van der Waals surface area contributed by atoms with Gasteiger partial charge in [-0.3, -0.25) is 19.9 Å². The standard InChI is InChI=1S/C8H14N4O.C6H5NO2S.C2H6/c9-7(8(10)13)4-6-5-11-2-1-3-12-6;8-7(9)5-3-1-2-4-6(5)10;1-2/h4,11H,1-3,5,9H2,(H2,10,13);1-4,10H;1-2H3/b7-4-;;. The lowest BCUT2D eigenvalue weighted by molar-refractivity contribution is -0.387. The van der Waals surface area contributed by atoms with Crippen molar-refractivity contribution in [3.05, 3.63) is 46.2 Å². The second-order valence-electron chi connectivity index (χ2n) is 4.61. The Kier molecular flexibility index (Phi) is 11.7. The Morgan fingerprint density at radius 3 is 2.52 bits per heavy atom. The minimum Gasteiger partial charge on any atom is -0.394 e. The van der Waals surface area contributed by atoms with Gasteiger partial charge < -0.3 is 16.8 Å². The highest BCUT2D eigenvalue weighted by Gasteiger charge is 2.07. The van der Waals surface area contributed by atoms with Crippen molar-refractivity contribution in [2.45, 2.75) is 25.2 Å². The number of rotatable bonds is 3. The average molecular weight is 367 g/mol. The molecule has 1 amide bonds. The van der Waals surface area contributed by atoms with E-state index in [1.165, 1.54) is 12.1 Å². The van der Waals surface area contributed by atoms with Gasteiger partial charge in [-0.2, -0.15) is 0 Å². The Bertz CT molecular complexity index is 632. The fourth-order valence-corrected chi connectivity index (χ4v) is 1.91. The molecule has 1 aromatic rings. The molecular formula is C16H25N5O3S. The van der Waals surface area contributed by atoms with E-state index in [-0.39, 0.29) is 11.4 Å². The largest absolute Gasteiger partial charge is 0.394 e. The number of nitrogens with one attached hydrogen (secondary N) is 1. The average Bonchev–Trinajstić information content (AvgIpc) is 2.86. The highest BCUT2D eigenvalue weighted by atomic mass is 32.1. The molecule has 0 saturated carbocycles. The zero-order valence-electron chi connectivity index (χ0n) is 14.4. The van der Waals surface area contributed by atoms with Gasteiger partial charge in [-0.25, -0.2) is 0 Å². The molecule has 0 aliphatic carbocycles. The minimum atomic E-state index is -0.605. The lowest BCUT2D eigenvalue weighted by atomic mass is 10.3. The Balaban J connectivity index is 0.000000430. The maximum Gasteiger partial charge on any atom is 0.282 e. The number of nitro groups is 1. The quantitative estimate of drug-likeness (QED) is 0.279. The van der Waals surface area contributed by atoms with Gasteiger partial charge in [0.25, 0.3) is 11.6 Å². The van der Waals surface area contributed by atoms with Gasteiger partial charge in [-0.05, 0) is 25.1 Å². The molecule has 8 nitrogen and oxygen atoms in total. The number of carbonyl (C=O) groups excluding carboxylic acids is 1. The summed E-state index contributed by atoms with van der Waals surface area (Å²) in [7, 11) is 0. The predicted molar refractivity (Wildman–Crippen MR) is 103 cm³/mol. The molecule has 0 radical (unpaired) electrons. The van der Waals surface area contributed by atoms with Crippen LogP contribution in [-0.4, -0.2) is 36.2 Å². The third-order valence-electron chi connectivity index (χ3n) is 2.82. The smallest absolute Gasteiger partial charge is 0.282 e. The van der Waals surface area contributed by atoms with Crippen LogP contribution in [0.3, 0.4) is 0 Å². The first kappa shape index (κ1) is 22.6. The first-order chi connectivity index (χ1) is 11.9. The van der Waals surface area contributed by atoms with Gasteiger partial charge >= 0.3 is 0 Å². The number of para-hydroxylation sites is 1. The highest BCUT2D eigenvalue weighted by Crippen LogP contribution is 2.20. The van der Waals surface area contributed by atoms with Crippen LogP contribution in [0, 0.1) is 10.1 Å². The number of aliphatic imine (C=N–C) groups is 1. The molecule has 1 aliphatic heterocycles. The minimum absolute atomic E-state index is 0.0471. The number of carbonyl (C=O) groups is 1. The SMILES string of the molecule is CC.NC(=O)/C(N)=C/C1=NCCCNC1.O=[N+]([O-])c1ccccc1S. The van der Waals surface area contributed by atoms with Crippen LogP contribution >= 0.6 is 12.6 Å². The van der Waals surface area contributed by atoms with Gasteiger partial charge in [0.15, 0.2) is 0 Å². The Labute approximate surface area is 152 Å². The van der Waals surface area contributed by atoms with Crippen molar-refractivity contribution in [3.8, 4) is 0 Å². The van der Waals surface area contributed by atoms with Crippen LogP contribution in [0.4, 0.5) is 5.69 Å². The van der Waals surface area contributed by atoms with E-state index in [0.29, 0.717) is 11.4 Å². The maximum atomic E-state index is 10.6. The van der Waals surface area contributed by atoms with Crippen LogP contribution in [0.25, 0.3) is 0 Å². The summed E-state index contributed by atoms with van der Waals surface area (Å²) in [4.78, 5) is 25.0. The molecule has 0 atom stereocenters. The lowest BCUT2D eigenvalue weighted by Crippen LogP contribution is -2.25. The molecule has 138 valence electrons. The lowest BCUT2D eigenvalue weighted by Gasteiger charge is -1.99. The van der Waals surface area contributed by atoms with Gasteiger partial charge in [-0.15, -0.1) is 12.6 Å². The number of amides is 1. The molecule has 0 saturated heterocycles. The summed E-state index contributed by atoms with van der Waals surface area (Å²) in [5.74, 6) is -0.605. The fourth-order valence-electron chi connectivity index (χ4n) is 1.66. The van der Waals surface area contributed by atoms with Gasteiger partial charge in [0.1, 0.15) is 0 Å². The Morgan fingerprint density at radius 2 is 2.00 bits per heavy atom. The van der Waals surface area contributed by atoms with E-state index in [9.17, 15) is 14.9 Å². The van der Waals surface area contributed by atoms with Crippen molar-refractivity contribution in [2.24, 2.45) is 16.5 Å². The summed E-state index contributed by atoms with van der Waals surface area (Å²) in [6.07, 6.45) is 2.54. The number of nitrogens with zero attached hydrogens (tertiary/aromatic N) is 2. The summed E-state index contributed by atoms with van der Waals surface area (Å²) >= 11 is 3.90. The summed E-state index contributed by atoms with van der Waals surface area (Å²) in [5.41, 5.74) is 11.3. The van der Waals surface area contributed by atoms with Crippen LogP contribution in [0.1, 0.15) is 20.3 Å². The van der Waals surface area contributed by atoms with E-state index in [0.717, 1.165) is 25.2 Å². The number of nitrogens with two attached hydrogens (primary N) is 2. The second-order valence-corrected chi connectivity index (χ2v) is 5.09. The monoisotopic (exact) mass is 367 g/mol. The molecule has 0 aromatic heterocycles. The zero-order chi connectivity index (χ0) is 19.2. The van der Waals surface area contributed by atoms with Crippen LogP contribution in [0.15, 0.2) is 45.9 Å². The first-order valence-electron chi connectivity index (χ1n) is 7.85. The number of benzene rings is 1. The summed E-state index contributed by atoms with van der Waals surface area (Å²) in [5, 5.41) is 13.3. The van der Waals surface area contributed by atoms with Gasteiger partial charge in [0.2, 0.25) is 0 Å². The van der Waals surface area contributed by atoms with E-state index >= 15 is 0 Å². The molecule has 1 aromatic carbocycles. The van der Waals surface area contributed by atoms with Crippen LogP contribution in [0.5, 0.6) is 0 Å². The Morgan fingerprint density at radius 1 is 1.36 bits per heavy atom. The van der Waals surface area contributed by atoms with Crippen molar-refractivity contribution in [1.29, 1.82) is 0 Å². The van der Waals surface area contributed by atoms with Crippen LogP contribution in [-0.2, 0) is 4.79 Å². The summed E-state index contributed by atoms with van der Waals surface area (Å²) in [6, 6.07) is 6.32. The van der Waals surface area contributed by atoms with Crippen LogP contribution in [0.2, 0.25) is 0 Å². The third-order valence-corrected chi connectivity index (χ3v) is 3.20. The summed E-state index contributed by atoms with van der Waals surface area (Å²) < 4.78 is 0. The number of primary amides is 1. The number of nitro benzene ring substituents is 1. The normalized spacial score (nSPS) is 13.9. The molecular weight excluding hydrogens is 342 g/mol. The van der Waals surface area contributed by atoms with Crippen molar-refractivity contribution in [3.63, 3.8) is 0 Å².